The maximum Gasteiger partial charge on any atom is 0.201 e. The topological polar surface area (TPSA) is 63.6 Å². The largest absolute Gasteiger partial charge is 0.458 e. The molecule has 0 saturated carbocycles. The molecule has 0 saturated heterocycles. The van der Waals surface area contributed by atoms with E-state index in [1.807, 2.05) is 20.8 Å². The molecule has 1 unspecified atom stereocenters. The first-order chi connectivity index (χ1) is 17.2. The summed E-state index contributed by atoms with van der Waals surface area (Å²) in [4.78, 5) is 12.3. The smallest absolute Gasteiger partial charge is 0.201 e. The Hall–Kier alpha value is -2.99. The fourth-order valence-corrected chi connectivity index (χ4v) is 4.72. The Morgan fingerprint density at radius 3 is 1.81 bits per heavy atom. The van der Waals surface area contributed by atoms with Gasteiger partial charge in [0, 0.05) is 27.8 Å². The van der Waals surface area contributed by atoms with Gasteiger partial charge in [-0.2, -0.15) is 0 Å². The minimum absolute atomic E-state index is 0.0193. The van der Waals surface area contributed by atoms with Crippen LogP contribution in [0.3, 0.4) is 0 Å². The number of benzene rings is 2. The fraction of sp³-hybridized carbons (Fsp3) is 0.433. The number of aryl methyl sites for hydroxylation is 2. The molecule has 36 heavy (non-hydrogen) atoms. The zero-order valence-electron chi connectivity index (χ0n) is 22.0. The molecule has 0 spiro atoms. The first-order valence-corrected chi connectivity index (χ1v) is 12.8. The van der Waals surface area contributed by atoms with Crippen molar-refractivity contribution in [3.63, 3.8) is 0 Å². The summed E-state index contributed by atoms with van der Waals surface area (Å²) in [5.41, 5.74) is 2.78. The van der Waals surface area contributed by atoms with Crippen molar-refractivity contribution in [3.05, 3.63) is 70.7 Å². The van der Waals surface area contributed by atoms with E-state index in [0.29, 0.717) is 28.1 Å². The second-order valence-electron chi connectivity index (χ2n) is 9.33. The number of fused-ring (bicyclic) bond motifs is 2. The highest BCUT2D eigenvalue weighted by Crippen LogP contribution is 2.35. The fourth-order valence-electron chi connectivity index (χ4n) is 4.72. The number of carbonyl (C=O) groups excluding carboxylic acids is 1. The van der Waals surface area contributed by atoms with E-state index in [1.54, 1.807) is 19.1 Å². The van der Waals surface area contributed by atoms with Gasteiger partial charge in [0.15, 0.2) is 5.76 Å². The van der Waals surface area contributed by atoms with E-state index in [1.165, 1.54) is 24.3 Å². The van der Waals surface area contributed by atoms with Gasteiger partial charge in [0.05, 0.1) is 0 Å². The lowest BCUT2D eigenvalue weighted by molar-refractivity contribution is 0.0823. The van der Waals surface area contributed by atoms with E-state index >= 15 is 0 Å². The number of Topliss-reactive ketones (excluding diaryl/α,β-unsaturated/α-hetero) is 1. The number of aliphatic hydroxyl groups is 1. The summed E-state index contributed by atoms with van der Waals surface area (Å²) in [6.07, 6.45) is 2.75. The van der Waals surface area contributed by atoms with Crippen molar-refractivity contribution in [1.82, 2.24) is 0 Å². The molecule has 6 heteroatoms. The quantitative estimate of drug-likeness (QED) is 0.246. The van der Waals surface area contributed by atoms with Crippen molar-refractivity contribution in [3.8, 4) is 0 Å². The van der Waals surface area contributed by atoms with Crippen molar-refractivity contribution in [1.29, 1.82) is 0 Å². The van der Waals surface area contributed by atoms with Crippen LogP contribution in [0, 0.1) is 37.3 Å². The van der Waals surface area contributed by atoms with Gasteiger partial charge in [0.25, 0.3) is 0 Å². The summed E-state index contributed by atoms with van der Waals surface area (Å²) < 4.78 is 37.7. The van der Waals surface area contributed by atoms with Gasteiger partial charge in [-0.15, -0.1) is 0 Å². The Morgan fingerprint density at radius 1 is 0.806 bits per heavy atom. The summed E-state index contributed by atoms with van der Waals surface area (Å²) >= 11 is 0. The number of carbonyl (C=O) groups is 1. The molecule has 2 aromatic carbocycles. The molecule has 2 aromatic heterocycles. The van der Waals surface area contributed by atoms with Crippen molar-refractivity contribution in [2.24, 2.45) is 11.8 Å². The van der Waals surface area contributed by atoms with Crippen LogP contribution in [0.4, 0.5) is 8.78 Å². The Balaban J connectivity index is 0.000000201. The molecule has 1 N–H and O–H groups in total. The van der Waals surface area contributed by atoms with Gasteiger partial charge in [0.1, 0.15) is 34.7 Å². The van der Waals surface area contributed by atoms with Crippen molar-refractivity contribution in [2.45, 2.75) is 73.3 Å². The molecule has 0 aliphatic rings. The number of hydrogen-bond acceptors (Lipinski definition) is 4. The van der Waals surface area contributed by atoms with Gasteiger partial charge in [-0.1, -0.05) is 40.5 Å². The van der Waals surface area contributed by atoms with Crippen molar-refractivity contribution < 1.29 is 27.5 Å². The summed E-state index contributed by atoms with van der Waals surface area (Å²) in [5.74, 6) is 0.536. The second kappa shape index (κ2) is 11.8. The van der Waals surface area contributed by atoms with Gasteiger partial charge < -0.3 is 13.9 Å². The van der Waals surface area contributed by atoms with E-state index in [9.17, 15) is 18.7 Å². The number of ketones is 1. The first-order valence-electron chi connectivity index (χ1n) is 12.8. The average Bonchev–Trinajstić information content (AvgIpc) is 3.37. The Morgan fingerprint density at radius 2 is 1.31 bits per heavy atom. The molecule has 0 aliphatic heterocycles. The molecule has 194 valence electrons. The monoisotopic (exact) mass is 498 g/mol. The first kappa shape index (κ1) is 27.6. The molecule has 0 bridgehead atoms. The average molecular weight is 499 g/mol. The number of halogens is 2. The normalized spacial score (nSPS) is 12.4. The minimum atomic E-state index is -0.615. The molecule has 4 nitrogen and oxygen atoms in total. The Bertz CT molecular complexity index is 1330. The highest BCUT2D eigenvalue weighted by molar-refractivity contribution is 6.01. The zero-order valence-corrected chi connectivity index (χ0v) is 22.0. The summed E-state index contributed by atoms with van der Waals surface area (Å²) in [7, 11) is 0. The lowest BCUT2D eigenvalue weighted by Gasteiger charge is -2.18. The number of aliphatic hydroxyl groups excluding tert-OH is 1. The Kier molecular flexibility index (Phi) is 9.07. The van der Waals surface area contributed by atoms with Gasteiger partial charge in [-0.25, -0.2) is 8.78 Å². The summed E-state index contributed by atoms with van der Waals surface area (Å²) in [5, 5.41) is 11.8. The van der Waals surface area contributed by atoms with Crippen molar-refractivity contribution >= 4 is 27.7 Å². The minimum Gasteiger partial charge on any atom is -0.458 e. The number of furan rings is 2. The van der Waals surface area contributed by atoms with Crippen LogP contribution in [0.15, 0.2) is 45.2 Å². The molecular weight excluding hydrogens is 462 g/mol. The van der Waals surface area contributed by atoms with E-state index in [2.05, 4.69) is 13.8 Å². The van der Waals surface area contributed by atoms with E-state index in [-0.39, 0.29) is 29.3 Å². The van der Waals surface area contributed by atoms with Gasteiger partial charge >= 0.3 is 0 Å². The third-order valence-electron chi connectivity index (χ3n) is 7.18. The van der Waals surface area contributed by atoms with Gasteiger partial charge in [0.2, 0.25) is 5.78 Å². The molecule has 1 atom stereocenters. The van der Waals surface area contributed by atoms with Crippen LogP contribution in [0.1, 0.15) is 86.9 Å². The molecule has 2 heterocycles. The molecule has 4 rings (SSSR count). The predicted molar refractivity (Wildman–Crippen MR) is 139 cm³/mol. The SMILES string of the molecule is CCC(CC)C(=O)c1oc2ccc(F)cc2c1C.CCC(CC)C(O)c1oc2ccc(F)cc2c1C. The van der Waals surface area contributed by atoms with Crippen LogP contribution in [0.5, 0.6) is 0 Å². The lowest BCUT2D eigenvalue weighted by atomic mass is 9.93. The second-order valence-corrected chi connectivity index (χ2v) is 9.33. The predicted octanol–water partition coefficient (Wildman–Crippen LogP) is 8.85. The number of rotatable bonds is 8. The standard InChI is InChI=1S/C15H19FO2.C15H17FO2/c2*1-4-10(5-2)14(17)15-9(3)12-8-11(16)6-7-13(12)18-15/h6-8,10,14,17H,4-5H2,1-3H3;6-8,10H,4-5H2,1-3H3. The Labute approximate surface area is 211 Å². The van der Waals surface area contributed by atoms with E-state index < -0.39 is 6.10 Å². The molecule has 4 aromatic rings. The third kappa shape index (κ3) is 5.54. The highest BCUT2D eigenvalue weighted by Gasteiger charge is 2.25. The van der Waals surface area contributed by atoms with Crippen LogP contribution >= 0.6 is 0 Å². The van der Waals surface area contributed by atoms with E-state index in [4.69, 9.17) is 8.83 Å². The van der Waals surface area contributed by atoms with Crippen LogP contribution in [-0.2, 0) is 0 Å². The maximum absolute atomic E-state index is 13.2. The zero-order chi connectivity index (χ0) is 26.6. The van der Waals surface area contributed by atoms with Crippen LogP contribution in [0.25, 0.3) is 21.9 Å². The molecule has 0 aliphatic carbocycles. The lowest BCUT2D eigenvalue weighted by Crippen LogP contribution is -2.13. The number of hydrogen-bond donors (Lipinski definition) is 1. The highest BCUT2D eigenvalue weighted by atomic mass is 19.1. The maximum atomic E-state index is 13.2. The summed E-state index contributed by atoms with van der Waals surface area (Å²) in [6.45, 7) is 11.8. The van der Waals surface area contributed by atoms with Crippen LogP contribution in [-0.4, -0.2) is 10.9 Å². The molecule has 0 amide bonds. The van der Waals surface area contributed by atoms with E-state index in [0.717, 1.165) is 42.2 Å². The van der Waals surface area contributed by atoms with Gasteiger partial charge in [-0.3, -0.25) is 4.79 Å². The third-order valence-corrected chi connectivity index (χ3v) is 7.18. The molecular formula is C30H36F2O4. The molecule has 0 radical (unpaired) electrons. The van der Waals surface area contributed by atoms with Crippen LogP contribution < -0.4 is 0 Å². The van der Waals surface area contributed by atoms with Gasteiger partial charge in [-0.05, 0) is 69.0 Å². The van der Waals surface area contributed by atoms with Crippen LogP contribution in [0.2, 0.25) is 0 Å². The van der Waals surface area contributed by atoms with Crippen molar-refractivity contribution in [2.75, 3.05) is 0 Å². The summed E-state index contributed by atoms with van der Waals surface area (Å²) in [6, 6.07) is 8.77. The molecule has 0 fully saturated rings.